The van der Waals surface area contributed by atoms with Gasteiger partial charge in [-0.05, 0) is 17.7 Å². The minimum Gasteiger partial charge on any atom is -0.467 e. The first-order chi connectivity index (χ1) is 13.1. The number of nitrogens with zero attached hydrogens (tertiary/aromatic N) is 1. The third-order valence-corrected chi connectivity index (χ3v) is 4.38. The van der Waals surface area contributed by atoms with Gasteiger partial charge in [0.2, 0.25) is 0 Å². The van der Waals surface area contributed by atoms with Gasteiger partial charge in [-0.15, -0.1) is 6.58 Å². The Hall–Kier alpha value is -3.25. The van der Waals surface area contributed by atoms with Crippen LogP contribution in [0.15, 0.2) is 67.3 Å². The number of hydrogen-bond donors (Lipinski definition) is 0. The van der Waals surface area contributed by atoms with E-state index >= 15 is 0 Å². The van der Waals surface area contributed by atoms with Gasteiger partial charge in [0.1, 0.15) is 6.10 Å². The van der Waals surface area contributed by atoms with Gasteiger partial charge in [0.25, 0.3) is 11.8 Å². The van der Waals surface area contributed by atoms with Crippen LogP contribution in [0.25, 0.3) is 0 Å². The molecule has 1 aliphatic rings. The number of amides is 2. The lowest BCUT2D eigenvalue weighted by molar-refractivity contribution is -0.149. The molecule has 1 heterocycles. The topological polar surface area (TPSA) is 72.9 Å². The molecule has 6 heteroatoms. The molecule has 2 amide bonds. The van der Waals surface area contributed by atoms with E-state index in [-0.39, 0.29) is 17.7 Å². The van der Waals surface area contributed by atoms with Crippen LogP contribution >= 0.6 is 0 Å². The van der Waals surface area contributed by atoms with Crippen molar-refractivity contribution in [3.05, 3.63) is 83.9 Å². The number of methoxy groups -OCH3 is 1. The van der Waals surface area contributed by atoms with E-state index in [0.717, 1.165) is 10.5 Å². The van der Waals surface area contributed by atoms with Crippen LogP contribution < -0.4 is 0 Å². The number of rotatable bonds is 7. The van der Waals surface area contributed by atoms with Gasteiger partial charge >= 0.3 is 5.97 Å². The third-order valence-electron chi connectivity index (χ3n) is 4.38. The lowest BCUT2D eigenvalue weighted by Crippen LogP contribution is -2.52. The predicted molar refractivity (Wildman–Crippen MR) is 98.0 cm³/mol. The van der Waals surface area contributed by atoms with E-state index in [1.807, 2.05) is 30.3 Å². The fraction of sp³-hybridized carbons (Fsp3) is 0.190. The van der Waals surface area contributed by atoms with Crippen molar-refractivity contribution in [2.24, 2.45) is 0 Å². The average Bonchev–Trinajstić information content (AvgIpc) is 2.96. The second-order valence-electron chi connectivity index (χ2n) is 5.99. The number of carbonyl (C=O) groups is 3. The molecule has 138 valence electrons. The van der Waals surface area contributed by atoms with Gasteiger partial charge in [-0.3, -0.25) is 14.5 Å². The summed E-state index contributed by atoms with van der Waals surface area (Å²) < 4.78 is 10.6. The van der Waals surface area contributed by atoms with Crippen LogP contribution in [0, 0.1) is 0 Å². The fourth-order valence-electron chi connectivity index (χ4n) is 3.02. The summed E-state index contributed by atoms with van der Waals surface area (Å²) in [6, 6.07) is 14.5. The maximum atomic E-state index is 12.8. The van der Waals surface area contributed by atoms with E-state index in [1.54, 1.807) is 24.3 Å². The summed E-state index contributed by atoms with van der Waals surface area (Å²) in [4.78, 5) is 38.9. The molecule has 0 bridgehead atoms. The molecule has 0 saturated heterocycles. The summed E-state index contributed by atoms with van der Waals surface area (Å²) in [5.74, 6) is -1.86. The summed E-state index contributed by atoms with van der Waals surface area (Å²) >= 11 is 0. The zero-order valence-corrected chi connectivity index (χ0v) is 14.8. The van der Waals surface area contributed by atoms with Crippen LogP contribution in [0.4, 0.5) is 0 Å². The molecule has 2 aromatic carbocycles. The molecule has 27 heavy (non-hydrogen) atoms. The first-order valence-corrected chi connectivity index (χ1v) is 8.41. The normalized spacial score (nSPS) is 15.2. The molecule has 0 aliphatic carbocycles. The van der Waals surface area contributed by atoms with Gasteiger partial charge < -0.3 is 9.47 Å². The Morgan fingerprint density at radius 3 is 2.11 bits per heavy atom. The molecule has 6 nitrogen and oxygen atoms in total. The standard InChI is InChI=1S/C21H19NO5/c1-3-17(27-13-14-9-5-4-6-10-14)18(21(25)26-2)22-19(23)15-11-7-8-12-16(15)20(22)24/h3-12,17-18H,1,13H2,2H3/t17-,18+/m0/s1. The minimum absolute atomic E-state index is 0.189. The number of imide groups is 1. The van der Waals surface area contributed by atoms with E-state index in [4.69, 9.17) is 9.47 Å². The van der Waals surface area contributed by atoms with E-state index < -0.39 is 29.9 Å². The molecular weight excluding hydrogens is 346 g/mol. The zero-order chi connectivity index (χ0) is 19.4. The minimum atomic E-state index is -1.26. The predicted octanol–water partition coefficient (Wildman–Crippen LogP) is 2.60. The van der Waals surface area contributed by atoms with Crippen LogP contribution in [0.3, 0.4) is 0 Å². The number of benzene rings is 2. The molecule has 2 atom stereocenters. The Labute approximate surface area is 157 Å². The van der Waals surface area contributed by atoms with Crippen molar-refractivity contribution >= 4 is 17.8 Å². The second-order valence-corrected chi connectivity index (χ2v) is 5.99. The molecule has 0 fully saturated rings. The Morgan fingerprint density at radius 2 is 1.59 bits per heavy atom. The maximum Gasteiger partial charge on any atom is 0.332 e. The smallest absolute Gasteiger partial charge is 0.332 e. The fourth-order valence-corrected chi connectivity index (χ4v) is 3.02. The third kappa shape index (κ3) is 3.52. The van der Waals surface area contributed by atoms with Crippen molar-refractivity contribution in [3.8, 4) is 0 Å². The van der Waals surface area contributed by atoms with E-state index in [2.05, 4.69) is 6.58 Å². The van der Waals surface area contributed by atoms with E-state index in [0.29, 0.717) is 0 Å². The highest BCUT2D eigenvalue weighted by Gasteiger charge is 2.46. The molecule has 0 radical (unpaired) electrons. The molecule has 0 N–H and O–H groups in total. The molecule has 3 rings (SSSR count). The van der Waals surface area contributed by atoms with Crippen molar-refractivity contribution in [3.63, 3.8) is 0 Å². The molecule has 2 aromatic rings. The van der Waals surface area contributed by atoms with Crippen molar-refractivity contribution in [1.29, 1.82) is 0 Å². The molecule has 0 saturated carbocycles. The Kier molecular flexibility index (Phi) is 5.47. The van der Waals surface area contributed by atoms with Crippen molar-refractivity contribution in [1.82, 2.24) is 4.90 Å². The van der Waals surface area contributed by atoms with Crippen LogP contribution in [-0.4, -0.2) is 41.9 Å². The highest BCUT2D eigenvalue weighted by Crippen LogP contribution is 2.27. The SMILES string of the molecule is C=C[C@H](OCc1ccccc1)[C@H](C(=O)OC)N1C(=O)c2ccccc2C1=O. The lowest BCUT2D eigenvalue weighted by Gasteiger charge is -2.29. The summed E-state index contributed by atoms with van der Waals surface area (Å²) in [6.07, 6.45) is 0.480. The van der Waals surface area contributed by atoms with Crippen LogP contribution in [0.2, 0.25) is 0 Å². The second kappa shape index (κ2) is 7.97. The number of carbonyl (C=O) groups excluding carboxylic acids is 3. The largest absolute Gasteiger partial charge is 0.467 e. The summed E-state index contributed by atoms with van der Waals surface area (Å²) in [7, 11) is 1.20. The van der Waals surface area contributed by atoms with E-state index in [9.17, 15) is 14.4 Å². The van der Waals surface area contributed by atoms with Crippen LogP contribution in [0.5, 0.6) is 0 Å². The monoisotopic (exact) mass is 365 g/mol. The Balaban J connectivity index is 1.89. The molecule has 1 aliphatic heterocycles. The van der Waals surface area contributed by atoms with Gasteiger partial charge in [-0.2, -0.15) is 0 Å². The van der Waals surface area contributed by atoms with Crippen molar-refractivity contribution in [2.45, 2.75) is 18.8 Å². The van der Waals surface area contributed by atoms with Crippen molar-refractivity contribution < 1.29 is 23.9 Å². The quantitative estimate of drug-likeness (QED) is 0.428. The molecular formula is C21H19NO5. The van der Waals surface area contributed by atoms with E-state index in [1.165, 1.54) is 13.2 Å². The summed E-state index contributed by atoms with van der Waals surface area (Å²) in [6.45, 7) is 3.89. The Bertz CT molecular complexity index is 842. The highest BCUT2D eigenvalue weighted by atomic mass is 16.5. The van der Waals surface area contributed by atoms with Gasteiger partial charge in [0, 0.05) is 0 Å². The Morgan fingerprint density at radius 1 is 1.04 bits per heavy atom. The number of fused-ring (bicyclic) bond motifs is 1. The van der Waals surface area contributed by atoms with Gasteiger partial charge in [0.15, 0.2) is 6.04 Å². The highest BCUT2D eigenvalue weighted by molar-refractivity contribution is 6.22. The first-order valence-electron chi connectivity index (χ1n) is 8.41. The molecule has 0 aromatic heterocycles. The van der Waals surface area contributed by atoms with Crippen LogP contribution in [0.1, 0.15) is 26.3 Å². The zero-order valence-electron chi connectivity index (χ0n) is 14.8. The number of ether oxygens (including phenoxy) is 2. The van der Waals surface area contributed by atoms with Gasteiger partial charge in [-0.25, -0.2) is 4.79 Å². The molecule has 0 spiro atoms. The maximum absolute atomic E-state index is 12.8. The average molecular weight is 365 g/mol. The van der Waals surface area contributed by atoms with Crippen molar-refractivity contribution in [2.75, 3.05) is 7.11 Å². The number of hydrogen-bond acceptors (Lipinski definition) is 5. The molecule has 0 unspecified atom stereocenters. The van der Waals surface area contributed by atoms with Crippen LogP contribution in [-0.2, 0) is 20.9 Å². The first kappa shape index (κ1) is 18.5. The number of esters is 1. The van der Waals surface area contributed by atoms with Gasteiger partial charge in [0.05, 0.1) is 24.8 Å². The lowest BCUT2D eigenvalue weighted by atomic mass is 10.1. The summed E-state index contributed by atoms with van der Waals surface area (Å²) in [5.41, 5.74) is 1.39. The van der Waals surface area contributed by atoms with Gasteiger partial charge in [-0.1, -0.05) is 48.5 Å². The summed E-state index contributed by atoms with van der Waals surface area (Å²) in [5, 5.41) is 0.